The van der Waals surface area contributed by atoms with Crippen molar-refractivity contribution in [1.82, 2.24) is 9.97 Å². The summed E-state index contributed by atoms with van der Waals surface area (Å²) in [5.74, 6) is 0.212. The number of allylic oxidation sites excluding steroid dienone is 1. The number of aryl methyl sites for hydroxylation is 1. The summed E-state index contributed by atoms with van der Waals surface area (Å²) in [5, 5.41) is 11.7. The number of hydrogen-bond acceptors (Lipinski definition) is 6. The first-order valence-corrected chi connectivity index (χ1v) is 7.48. The Labute approximate surface area is 122 Å². The Morgan fingerprint density at radius 3 is 2.43 bits per heavy atom. The molecule has 0 bridgehead atoms. The first-order valence-electron chi connectivity index (χ1n) is 5.99. The van der Waals surface area contributed by atoms with Crippen molar-refractivity contribution < 1.29 is 8.42 Å². The number of nitrogens with one attached hydrogen (secondary N) is 1. The van der Waals surface area contributed by atoms with Crippen LogP contribution in [0.5, 0.6) is 0 Å². The lowest BCUT2D eigenvalue weighted by Crippen LogP contribution is -2.06. The molecule has 0 saturated carbocycles. The summed E-state index contributed by atoms with van der Waals surface area (Å²) >= 11 is 0. The topological polar surface area (TPSA) is 95.7 Å². The van der Waals surface area contributed by atoms with E-state index in [-0.39, 0.29) is 10.8 Å². The molecule has 1 heterocycles. The Kier molecular flexibility index (Phi) is 4.30. The van der Waals surface area contributed by atoms with Crippen LogP contribution in [-0.4, -0.2) is 18.4 Å². The van der Waals surface area contributed by atoms with Crippen molar-refractivity contribution in [2.24, 2.45) is 0 Å². The monoisotopic (exact) mass is 300 g/mol. The van der Waals surface area contributed by atoms with Gasteiger partial charge in [0, 0.05) is 18.6 Å². The van der Waals surface area contributed by atoms with Crippen molar-refractivity contribution in [2.75, 3.05) is 5.32 Å². The van der Waals surface area contributed by atoms with Crippen molar-refractivity contribution in [3.05, 3.63) is 59.4 Å². The molecule has 0 spiro atoms. The van der Waals surface area contributed by atoms with Gasteiger partial charge in [0.25, 0.3) is 0 Å². The predicted molar refractivity (Wildman–Crippen MR) is 77.7 cm³/mol. The van der Waals surface area contributed by atoms with Gasteiger partial charge in [-0.25, -0.2) is 18.4 Å². The Morgan fingerprint density at radius 2 is 1.86 bits per heavy atom. The third-order valence-corrected chi connectivity index (χ3v) is 4.31. The second-order valence-corrected chi connectivity index (χ2v) is 6.07. The van der Waals surface area contributed by atoms with Gasteiger partial charge < -0.3 is 5.32 Å². The number of hydrogen-bond donors (Lipinski definition) is 1. The van der Waals surface area contributed by atoms with E-state index in [1.165, 1.54) is 24.5 Å². The fourth-order valence-corrected chi connectivity index (χ4v) is 2.60. The highest BCUT2D eigenvalue weighted by Gasteiger charge is 2.20. The highest BCUT2D eigenvalue weighted by molar-refractivity contribution is 7.95. The fraction of sp³-hybridized carbons (Fsp3) is 0.0714. The predicted octanol–water partition coefficient (Wildman–Crippen LogP) is 2.04. The third kappa shape index (κ3) is 3.43. The van der Waals surface area contributed by atoms with Gasteiger partial charge in [-0.3, -0.25) is 0 Å². The molecule has 1 aromatic carbocycles. The molecule has 1 N–H and O–H groups in total. The van der Waals surface area contributed by atoms with E-state index in [1.54, 1.807) is 24.3 Å². The normalized spacial score (nSPS) is 11.7. The lowest BCUT2D eigenvalue weighted by molar-refractivity contribution is 0.603. The molecule has 21 heavy (non-hydrogen) atoms. The molecular formula is C14H12N4O2S. The van der Waals surface area contributed by atoms with Crippen molar-refractivity contribution in [1.29, 1.82) is 5.26 Å². The minimum Gasteiger partial charge on any atom is -0.329 e. The molecule has 2 rings (SSSR count). The quantitative estimate of drug-likeness (QED) is 0.868. The van der Waals surface area contributed by atoms with Gasteiger partial charge in [-0.1, -0.05) is 17.7 Å². The summed E-state index contributed by atoms with van der Waals surface area (Å²) in [6, 6.07) is 9.60. The highest BCUT2D eigenvalue weighted by Crippen LogP contribution is 2.19. The molecule has 106 valence electrons. The zero-order valence-corrected chi connectivity index (χ0v) is 12.0. The molecular weight excluding hydrogens is 288 g/mol. The van der Waals surface area contributed by atoms with Gasteiger partial charge in [-0.2, -0.15) is 5.26 Å². The molecule has 0 aliphatic rings. The molecule has 0 saturated heterocycles. The Balaban J connectivity index is 2.32. The van der Waals surface area contributed by atoms with Crippen LogP contribution < -0.4 is 5.32 Å². The minimum atomic E-state index is -3.86. The standard InChI is InChI=1S/C14H12N4O2S/c1-11-3-5-12(6-4-11)21(19,20)13(9-15)10-18-14-16-7-2-8-17-14/h2-8,10H,1H3,(H,16,17,18). The summed E-state index contributed by atoms with van der Waals surface area (Å²) in [5.41, 5.74) is 0.937. The second-order valence-electron chi connectivity index (χ2n) is 4.15. The van der Waals surface area contributed by atoms with Gasteiger partial charge in [0.1, 0.15) is 6.07 Å². The van der Waals surface area contributed by atoms with Crippen LogP contribution in [0.2, 0.25) is 0 Å². The summed E-state index contributed by atoms with van der Waals surface area (Å²) in [7, 11) is -3.86. The van der Waals surface area contributed by atoms with Crippen LogP contribution in [0.25, 0.3) is 0 Å². The molecule has 7 heteroatoms. The van der Waals surface area contributed by atoms with Crippen LogP contribution in [0.4, 0.5) is 5.95 Å². The van der Waals surface area contributed by atoms with E-state index in [0.717, 1.165) is 11.8 Å². The molecule has 0 aliphatic carbocycles. The maximum Gasteiger partial charge on any atom is 0.226 e. The van der Waals surface area contributed by atoms with E-state index in [0.29, 0.717) is 0 Å². The molecule has 2 aromatic rings. The molecule has 0 atom stereocenters. The number of rotatable bonds is 4. The molecule has 0 fully saturated rings. The molecule has 0 amide bonds. The number of nitrogens with zero attached hydrogens (tertiary/aromatic N) is 3. The van der Waals surface area contributed by atoms with Crippen LogP contribution >= 0.6 is 0 Å². The molecule has 1 aromatic heterocycles. The van der Waals surface area contributed by atoms with E-state index < -0.39 is 14.7 Å². The SMILES string of the molecule is Cc1ccc(S(=O)(=O)C(C#N)=CNc2ncccn2)cc1. The number of anilines is 1. The lowest BCUT2D eigenvalue weighted by Gasteiger charge is -2.04. The van der Waals surface area contributed by atoms with E-state index in [1.807, 2.05) is 6.92 Å². The summed E-state index contributed by atoms with van der Waals surface area (Å²) in [4.78, 5) is 7.42. The average Bonchev–Trinajstić information content (AvgIpc) is 2.49. The van der Waals surface area contributed by atoms with Crippen molar-refractivity contribution in [2.45, 2.75) is 11.8 Å². The van der Waals surface area contributed by atoms with Gasteiger partial charge >= 0.3 is 0 Å². The second kappa shape index (κ2) is 6.15. The van der Waals surface area contributed by atoms with Crippen LogP contribution in [0.3, 0.4) is 0 Å². The molecule has 6 nitrogen and oxygen atoms in total. The van der Waals surface area contributed by atoms with Crippen LogP contribution in [0, 0.1) is 18.3 Å². The largest absolute Gasteiger partial charge is 0.329 e. The van der Waals surface area contributed by atoms with Crippen LogP contribution in [-0.2, 0) is 9.84 Å². The minimum absolute atomic E-state index is 0.0664. The van der Waals surface area contributed by atoms with Gasteiger partial charge in [0.05, 0.1) is 4.90 Å². The number of nitriles is 1. The van der Waals surface area contributed by atoms with Crippen molar-refractivity contribution in [3.8, 4) is 6.07 Å². The highest BCUT2D eigenvalue weighted by atomic mass is 32.2. The molecule has 0 radical (unpaired) electrons. The van der Waals surface area contributed by atoms with Gasteiger partial charge in [-0.05, 0) is 25.1 Å². The number of sulfone groups is 1. The molecule has 0 unspecified atom stereocenters. The van der Waals surface area contributed by atoms with Gasteiger partial charge in [0.15, 0.2) is 4.91 Å². The summed E-state index contributed by atoms with van der Waals surface area (Å²) in [6.45, 7) is 1.85. The average molecular weight is 300 g/mol. The third-order valence-electron chi connectivity index (χ3n) is 2.63. The van der Waals surface area contributed by atoms with Crippen molar-refractivity contribution >= 4 is 15.8 Å². The molecule has 0 aliphatic heterocycles. The Morgan fingerprint density at radius 1 is 1.24 bits per heavy atom. The summed E-state index contributed by atoms with van der Waals surface area (Å²) in [6.07, 6.45) is 4.10. The Hall–Kier alpha value is -2.72. The zero-order valence-electron chi connectivity index (χ0n) is 11.2. The number of aromatic nitrogens is 2. The smallest absolute Gasteiger partial charge is 0.226 e. The fourth-order valence-electron chi connectivity index (χ4n) is 1.52. The van der Waals surface area contributed by atoms with Crippen molar-refractivity contribution in [3.63, 3.8) is 0 Å². The maximum absolute atomic E-state index is 12.3. The number of benzene rings is 1. The van der Waals surface area contributed by atoms with E-state index >= 15 is 0 Å². The first kappa shape index (κ1) is 14.7. The van der Waals surface area contributed by atoms with Gasteiger partial charge in [0.2, 0.25) is 15.8 Å². The Bertz CT molecular complexity index is 791. The lowest BCUT2D eigenvalue weighted by atomic mass is 10.2. The van der Waals surface area contributed by atoms with E-state index in [4.69, 9.17) is 5.26 Å². The van der Waals surface area contributed by atoms with E-state index in [9.17, 15) is 8.42 Å². The van der Waals surface area contributed by atoms with E-state index in [2.05, 4.69) is 15.3 Å². The zero-order chi connectivity index (χ0) is 15.3. The van der Waals surface area contributed by atoms with Crippen LogP contribution in [0.1, 0.15) is 5.56 Å². The summed E-state index contributed by atoms with van der Waals surface area (Å²) < 4.78 is 24.6. The first-order chi connectivity index (χ1) is 10.0. The van der Waals surface area contributed by atoms with Gasteiger partial charge in [-0.15, -0.1) is 0 Å². The maximum atomic E-state index is 12.3. The van der Waals surface area contributed by atoms with Crippen LogP contribution in [0.15, 0.2) is 58.7 Å².